The van der Waals surface area contributed by atoms with E-state index in [1.807, 2.05) is 18.2 Å². The number of amidine groups is 1. The molecule has 1 atom stereocenters. The quantitative estimate of drug-likeness (QED) is 0.150. The molecule has 0 aliphatic rings. The number of rotatable bonds is 9. The Balaban J connectivity index is 0.000000826. The minimum absolute atomic E-state index is 0.167. The lowest BCUT2D eigenvalue weighted by molar-refractivity contribution is 0.306. The number of ether oxygens (including phenoxy) is 1. The van der Waals surface area contributed by atoms with Crippen LogP contribution in [0.25, 0.3) is 33.3 Å². The molecule has 6 heteroatoms. The van der Waals surface area contributed by atoms with Crippen molar-refractivity contribution in [2.24, 2.45) is 5.73 Å². The Labute approximate surface area is 230 Å². The summed E-state index contributed by atoms with van der Waals surface area (Å²) in [6.07, 6.45) is 3.40. The van der Waals surface area contributed by atoms with Crippen molar-refractivity contribution in [1.82, 2.24) is 10.1 Å². The van der Waals surface area contributed by atoms with Crippen LogP contribution in [0.1, 0.15) is 57.4 Å². The molecule has 0 saturated heterocycles. The second-order valence-corrected chi connectivity index (χ2v) is 9.76. The van der Waals surface area contributed by atoms with E-state index in [-0.39, 0.29) is 11.8 Å². The SMILES string of the molecule is CC(=N)N.CCCC[C@H](C)c1nc(-c2ccc3cc(OCc4ccc(-c5ccccc5)cc4)ccc3c2)no1. The number of benzene rings is 4. The van der Waals surface area contributed by atoms with Gasteiger partial charge >= 0.3 is 0 Å². The van der Waals surface area contributed by atoms with Gasteiger partial charge in [-0.15, -0.1) is 0 Å². The van der Waals surface area contributed by atoms with Crippen molar-refractivity contribution in [3.8, 4) is 28.3 Å². The van der Waals surface area contributed by atoms with Gasteiger partial charge in [-0.3, -0.25) is 5.41 Å². The highest BCUT2D eigenvalue weighted by Gasteiger charge is 2.15. The van der Waals surface area contributed by atoms with E-state index in [2.05, 4.69) is 96.8 Å². The van der Waals surface area contributed by atoms with Gasteiger partial charge in [0.1, 0.15) is 12.4 Å². The number of nitrogens with two attached hydrogens (primary N) is 1. The topological polar surface area (TPSA) is 98.0 Å². The van der Waals surface area contributed by atoms with Crippen molar-refractivity contribution in [1.29, 1.82) is 5.41 Å². The molecule has 0 radical (unpaired) electrons. The van der Waals surface area contributed by atoms with Crippen LogP contribution in [0.15, 0.2) is 95.5 Å². The van der Waals surface area contributed by atoms with Crippen LogP contribution in [-0.4, -0.2) is 16.0 Å². The zero-order valence-electron chi connectivity index (χ0n) is 22.9. The van der Waals surface area contributed by atoms with Crippen LogP contribution in [0, 0.1) is 5.41 Å². The van der Waals surface area contributed by atoms with Crippen molar-refractivity contribution in [2.75, 3.05) is 0 Å². The van der Waals surface area contributed by atoms with E-state index in [1.54, 1.807) is 0 Å². The molecule has 3 N–H and O–H groups in total. The van der Waals surface area contributed by atoms with Gasteiger partial charge in [0.2, 0.25) is 11.7 Å². The fourth-order valence-corrected chi connectivity index (χ4v) is 4.23. The first-order chi connectivity index (χ1) is 18.9. The number of unbranched alkanes of at least 4 members (excludes halogenated alkanes) is 1. The summed E-state index contributed by atoms with van der Waals surface area (Å²) in [4.78, 5) is 4.64. The molecule has 0 amide bonds. The lowest BCUT2D eigenvalue weighted by Crippen LogP contribution is -2.00. The van der Waals surface area contributed by atoms with Crippen molar-refractivity contribution >= 4 is 16.6 Å². The predicted octanol–water partition coefficient (Wildman–Crippen LogP) is 8.37. The van der Waals surface area contributed by atoms with E-state index in [1.165, 1.54) is 24.5 Å². The smallest absolute Gasteiger partial charge is 0.229 e. The second-order valence-electron chi connectivity index (χ2n) is 9.76. The van der Waals surface area contributed by atoms with Crippen LogP contribution in [0.4, 0.5) is 0 Å². The molecule has 0 fully saturated rings. The van der Waals surface area contributed by atoms with Crippen LogP contribution in [0.3, 0.4) is 0 Å². The molecule has 6 nitrogen and oxygen atoms in total. The number of fused-ring (bicyclic) bond motifs is 1. The van der Waals surface area contributed by atoms with Gasteiger partial charge in [0, 0.05) is 11.5 Å². The van der Waals surface area contributed by atoms with Gasteiger partial charge in [-0.25, -0.2) is 0 Å². The molecule has 5 rings (SSSR count). The average molecular weight is 521 g/mol. The molecule has 4 aromatic carbocycles. The molecule has 39 heavy (non-hydrogen) atoms. The average Bonchev–Trinajstić information content (AvgIpc) is 3.45. The fraction of sp³-hybridized carbons (Fsp3) is 0.242. The molecule has 1 heterocycles. The van der Waals surface area contributed by atoms with Gasteiger partial charge in [0.15, 0.2) is 0 Å². The summed E-state index contributed by atoms with van der Waals surface area (Å²) in [5.74, 6) is 2.66. The number of hydrogen-bond acceptors (Lipinski definition) is 5. The van der Waals surface area contributed by atoms with Crippen LogP contribution < -0.4 is 10.5 Å². The maximum Gasteiger partial charge on any atom is 0.229 e. The minimum Gasteiger partial charge on any atom is -0.489 e. The van der Waals surface area contributed by atoms with E-state index in [0.29, 0.717) is 18.3 Å². The van der Waals surface area contributed by atoms with Crippen LogP contribution in [0.5, 0.6) is 5.75 Å². The van der Waals surface area contributed by atoms with E-state index in [9.17, 15) is 0 Å². The fourth-order valence-electron chi connectivity index (χ4n) is 4.23. The molecule has 0 spiro atoms. The Hall–Kier alpha value is -4.45. The van der Waals surface area contributed by atoms with E-state index >= 15 is 0 Å². The number of aromatic nitrogens is 2. The monoisotopic (exact) mass is 520 g/mol. The third kappa shape index (κ3) is 7.77. The highest BCUT2D eigenvalue weighted by molar-refractivity contribution is 5.87. The van der Waals surface area contributed by atoms with Crippen molar-refractivity contribution in [2.45, 2.75) is 52.6 Å². The van der Waals surface area contributed by atoms with E-state index in [0.717, 1.165) is 40.5 Å². The summed E-state index contributed by atoms with van der Waals surface area (Å²) in [5.41, 5.74) is 9.22. The van der Waals surface area contributed by atoms with E-state index < -0.39 is 0 Å². The highest BCUT2D eigenvalue weighted by atomic mass is 16.5. The van der Waals surface area contributed by atoms with Gasteiger partial charge in [-0.1, -0.05) is 105 Å². The molecule has 0 aliphatic heterocycles. The highest BCUT2D eigenvalue weighted by Crippen LogP contribution is 2.28. The second kappa shape index (κ2) is 13.4. The lowest BCUT2D eigenvalue weighted by Gasteiger charge is -2.09. The van der Waals surface area contributed by atoms with Gasteiger partial charge < -0.3 is 15.0 Å². The minimum atomic E-state index is 0.167. The standard InChI is InChI=1S/C31H30N2O2.C2H6N2/c1-3-4-8-22(2)31-32-30(33-35-31)28-16-15-27-20-29(18-17-26(27)19-28)34-21-23-11-13-25(14-12-23)24-9-6-5-7-10-24;1-2(3)4/h5-7,9-20,22H,3-4,8,21H2,1-2H3;1H3,(H3,3,4)/t22-;/m0./s1. The zero-order chi connectivity index (χ0) is 27.6. The summed E-state index contributed by atoms with van der Waals surface area (Å²) in [7, 11) is 0. The van der Waals surface area contributed by atoms with Gasteiger partial charge in [0.25, 0.3) is 0 Å². The summed E-state index contributed by atoms with van der Waals surface area (Å²) >= 11 is 0. The number of hydrogen-bond donors (Lipinski definition) is 2. The number of nitrogens with zero attached hydrogens (tertiary/aromatic N) is 2. The molecular weight excluding hydrogens is 484 g/mol. The molecule has 1 aromatic heterocycles. The van der Waals surface area contributed by atoms with E-state index in [4.69, 9.17) is 20.4 Å². The lowest BCUT2D eigenvalue weighted by atomic mass is 10.0. The molecule has 200 valence electrons. The molecule has 5 aromatic rings. The zero-order valence-corrected chi connectivity index (χ0v) is 22.9. The third-order valence-electron chi connectivity index (χ3n) is 6.39. The largest absolute Gasteiger partial charge is 0.489 e. The van der Waals surface area contributed by atoms with Crippen LogP contribution >= 0.6 is 0 Å². The first-order valence-corrected chi connectivity index (χ1v) is 13.4. The van der Waals surface area contributed by atoms with Gasteiger partial charge in [-0.2, -0.15) is 4.98 Å². The van der Waals surface area contributed by atoms with Crippen molar-refractivity contribution < 1.29 is 9.26 Å². The molecule has 0 bridgehead atoms. The molecular formula is C33H36N4O2. The number of nitrogens with one attached hydrogen (secondary N) is 1. The van der Waals surface area contributed by atoms with Crippen molar-refractivity contribution in [3.05, 3.63) is 102 Å². The predicted molar refractivity (Wildman–Crippen MR) is 159 cm³/mol. The summed E-state index contributed by atoms with van der Waals surface area (Å²) in [6.45, 7) is 6.40. The Morgan fingerprint density at radius 1 is 0.897 bits per heavy atom. The normalized spacial score (nSPS) is 11.5. The van der Waals surface area contributed by atoms with Gasteiger partial charge in [0.05, 0.1) is 5.84 Å². The Morgan fingerprint density at radius 3 is 2.26 bits per heavy atom. The van der Waals surface area contributed by atoms with Crippen molar-refractivity contribution in [3.63, 3.8) is 0 Å². The van der Waals surface area contributed by atoms with Crippen LogP contribution in [0.2, 0.25) is 0 Å². The molecule has 0 saturated carbocycles. The maximum absolute atomic E-state index is 6.28. The van der Waals surface area contributed by atoms with Gasteiger partial charge in [-0.05, 0) is 59.0 Å². The summed E-state index contributed by atoms with van der Waals surface area (Å²) in [6, 6.07) is 31.3. The molecule has 0 aliphatic carbocycles. The molecule has 0 unspecified atom stereocenters. The third-order valence-corrected chi connectivity index (χ3v) is 6.39. The summed E-state index contributed by atoms with van der Waals surface area (Å²) < 4.78 is 11.6. The maximum atomic E-state index is 6.28. The first-order valence-electron chi connectivity index (χ1n) is 13.4. The Bertz CT molecular complexity index is 1490. The Morgan fingerprint density at radius 2 is 1.54 bits per heavy atom. The first kappa shape index (κ1) is 27.6. The van der Waals surface area contributed by atoms with Crippen LogP contribution in [-0.2, 0) is 6.61 Å². The Kier molecular flexibility index (Phi) is 9.46. The summed E-state index contributed by atoms with van der Waals surface area (Å²) in [5, 5.41) is 12.7.